The van der Waals surface area contributed by atoms with Crippen LogP contribution in [0.2, 0.25) is 0 Å². The second kappa shape index (κ2) is 10.4. The number of amides is 2. The quantitative estimate of drug-likeness (QED) is 0.495. The molecule has 2 amide bonds. The lowest BCUT2D eigenvalue weighted by Crippen LogP contribution is -2.53. The van der Waals surface area contributed by atoms with Gasteiger partial charge in [0, 0.05) is 49.5 Å². The molecule has 1 unspecified atom stereocenters. The number of rotatable bonds is 5. The highest BCUT2D eigenvalue weighted by atomic mass is 19.4. The molecule has 2 aromatic carbocycles. The predicted octanol–water partition coefficient (Wildman–Crippen LogP) is 5.28. The van der Waals surface area contributed by atoms with Crippen LogP contribution in [0.4, 0.5) is 30.7 Å². The Balaban J connectivity index is 1.68. The van der Waals surface area contributed by atoms with Crippen LogP contribution in [-0.2, 0) is 20.6 Å². The third kappa shape index (κ3) is 5.06. The summed E-state index contributed by atoms with van der Waals surface area (Å²) in [6.45, 7) is 4.51. The van der Waals surface area contributed by atoms with E-state index in [2.05, 4.69) is 0 Å². The molecule has 12 heteroatoms. The lowest BCUT2D eigenvalue weighted by molar-refractivity contribution is -0.376. The summed E-state index contributed by atoms with van der Waals surface area (Å²) in [6, 6.07) is 8.92. The zero-order valence-corrected chi connectivity index (χ0v) is 21.8. The van der Waals surface area contributed by atoms with Gasteiger partial charge in [0.2, 0.25) is 11.8 Å². The van der Waals surface area contributed by atoms with Crippen LogP contribution < -0.4 is 0 Å². The molecular weight excluding hydrogens is 545 g/mol. The fraction of sp³-hybridized carbons (Fsp3) is 0.500. The van der Waals surface area contributed by atoms with Crippen LogP contribution >= 0.6 is 0 Å². The fourth-order valence-corrected chi connectivity index (χ4v) is 5.87. The largest absolute Gasteiger partial charge is 0.430 e. The van der Waals surface area contributed by atoms with Gasteiger partial charge < -0.3 is 14.9 Å². The van der Waals surface area contributed by atoms with Gasteiger partial charge in [0.15, 0.2) is 0 Å². The maximum Gasteiger partial charge on any atom is 0.430 e. The predicted molar refractivity (Wildman–Crippen MR) is 130 cm³/mol. The number of nitrogens with zero attached hydrogens (tertiary/aromatic N) is 2. The molecule has 0 bridgehead atoms. The molecule has 1 N–H and O–H groups in total. The van der Waals surface area contributed by atoms with Gasteiger partial charge in [-0.1, -0.05) is 50.2 Å². The van der Waals surface area contributed by atoms with Gasteiger partial charge in [-0.15, -0.1) is 0 Å². The van der Waals surface area contributed by atoms with Crippen LogP contribution in [0.3, 0.4) is 0 Å². The van der Waals surface area contributed by atoms with Crippen molar-refractivity contribution in [3.05, 3.63) is 71.0 Å². The molecule has 0 radical (unpaired) electrons. The first-order chi connectivity index (χ1) is 18.5. The van der Waals surface area contributed by atoms with Crippen LogP contribution in [0.25, 0.3) is 0 Å². The highest BCUT2D eigenvalue weighted by Gasteiger charge is 2.71. The Labute approximate surface area is 226 Å². The first-order valence-electron chi connectivity index (χ1n) is 12.8. The number of halogens is 7. The van der Waals surface area contributed by atoms with Gasteiger partial charge in [-0.05, 0) is 29.7 Å². The first-order valence-corrected chi connectivity index (χ1v) is 12.8. The van der Waals surface area contributed by atoms with E-state index in [-0.39, 0.29) is 31.4 Å². The van der Waals surface area contributed by atoms with Gasteiger partial charge >= 0.3 is 12.4 Å². The summed E-state index contributed by atoms with van der Waals surface area (Å²) < 4.78 is 94.0. The van der Waals surface area contributed by atoms with E-state index in [9.17, 15) is 45.4 Å². The van der Waals surface area contributed by atoms with Gasteiger partial charge in [0.1, 0.15) is 5.82 Å². The third-order valence-electron chi connectivity index (χ3n) is 8.25. The Kier molecular flexibility index (Phi) is 7.72. The summed E-state index contributed by atoms with van der Waals surface area (Å²) >= 11 is 0. The molecular formula is C28H29F7N2O3. The monoisotopic (exact) mass is 574 g/mol. The highest BCUT2D eigenvalue weighted by Crippen LogP contribution is 2.51. The van der Waals surface area contributed by atoms with Crippen molar-refractivity contribution in [3.8, 4) is 0 Å². The first kappa shape index (κ1) is 29.8. The highest BCUT2D eigenvalue weighted by molar-refractivity contribution is 5.82. The molecule has 2 fully saturated rings. The Morgan fingerprint density at radius 3 is 2.02 bits per heavy atom. The van der Waals surface area contributed by atoms with Crippen LogP contribution in [0.5, 0.6) is 0 Å². The summed E-state index contributed by atoms with van der Waals surface area (Å²) in [5.41, 5.74) is -6.31. The molecule has 2 aliphatic rings. The van der Waals surface area contributed by atoms with Crippen molar-refractivity contribution in [2.45, 2.75) is 56.0 Å². The van der Waals surface area contributed by atoms with Gasteiger partial charge in [0.25, 0.3) is 5.60 Å². The molecule has 0 saturated carbocycles. The summed E-state index contributed by atoms with van der Waals surface area (Å²) in [4.78, 5) is 28.8. The maximum atomic E-state index is 13.7. The minimum Gasteiger partial charge on any atom is -0.369 e. The van der Waals surface area contributed by atoms with Crippen LogP contribution in [0.15, 0.2) is 48.5 Å². The van der Waals surface area contributed by atoms with E-state index in [0.29, 0.717) is 42.6 Å². The van der Waals surface area contributed by atoms with E-state index >= 15 is 0 Å². The third-order valence-corrected chi connectivity index (χ3v) is 8.25. The zero-order valence-electron chi connectivity index (χ0n) is 21.8. The number of hydrogen-bond acceptors (Lipinski definition) is 3. The number of aliphatic hydroxyl groups is 1. The van der Waals surface area contributed by atoms with Crippen molar-refractivity contribution in [1.82, 2.24) is 9.80 Å². The minimum atomic E-state index is -6.01. The van der Waals surface area contributed by atoms with E-state index < -0.39 is 46.6 Å². The van der Waals surface area contributed by atoms with Crippen molar-refractivity contribution >= 4 is 11.8 Å². The lowest BCUT2D eigenvalue weighted by Gasteiger charge is -2.34. The average molecular weight is 575 g/mol. The summed E-state index contributed by atoms with van der Waals surface area (Å²) in [7, 11) is 0. The molecule has 4 rings (SSSR count). The molecule has 2 aliphatic heterocycles. The van der Waals surface area contributed by atoms with Crippen molar-refractivity contribution in [2.75, 3.05) is 26.2 Å². The van der Waals surface area contributed by atoms with Crippen molar-refractivity contribution in [1.29, 1.82) is 0 Å². The molecule has 5 nitrogen and oxygen atoms in total. The molecule has 218 valence electrons. The number of carbonyl (C=O) groups is 2. The molecule has 2 heterocycles. The Morgan fingerprint density at radius 1 is 0.925 bits per heavy atom. The van der Waals surface area contributed by atoms with Gasteiger partial charge in [-0.3, -0.25) is 9.59 Å². The number of benzene rings is 2. The smallest absolute Gasteiger partial charge is 0.369 e. The van der Waals surface area contributed by atoms with Gasteiger partial charge in [-0.25, -0.2) is 4.39 Å². The normalized spacial score (nSPS) is 24.1. The second-order valence-electron chi connectivity index (χ2n) is 10.7. The van der Waals surface area contributed by atoms with Crippen molar-refractivity contribution in [2.24, 2.45) is 5.92 Å². The number of hydrogen-bond donors (Lipinski definition) is 1. The number of alkyl halides is 6. The molecule has 3 atom stereocenters. The number of likely N-dealkylation sites (tertiary alicyclic amines) is 2. The molecule has 0 spiro atoms. The molecule has 0 aromatic heterocycles. The molecule has 0 aliphatic carbocycles. The van der Waals surface area contributed by atoms with E-state index in [1.807, 2.05) is 0 Å². The van der Waals surface area contributed by atoms with E-state index in [4.69, 9.17) is 0 Å². The summed E-state index contributed by atoms with van der Waals surface area (Å²) in [5, 5.41) is 9.77. The molecule has 2 saturated heterocycles. The Morgan fingerprint density at radius 2 is 1.50 bits per heavy atom. The fourth-order valence-electron chi connectivity index (χ4n) is 5.87. The van der Waals surface area contributed by atoms with Crippen LogP contribution in [0, 0.1) is 11.7 Å². The molecule has 40 heavy (non-hydrogen) atoms. The molecule has 2 aromatic rings. The zero-order chi connectivity index (χ0) is 29.7. The average Bonchev–Trinajstić information content (AvgIpc) is 3.52. The van der Waals surface area contributed by atoms with Gasteiger partial charge in [-0.2, -0.15) is 26.3 Å². The van der Waals surface area contributed by atoms with E-state index in [1.165, 1.54) is 24.3 Å². The Bertz CT molecular complexity index is 1230. The standard InChI is InChI=1S/C28H29F7N2O3/c1-3-23(38)36-13-12-18(14-36)24(39)37-15-22(25(2,16-37)19-8-10-21(29)11-9-19)17-4-6-20(7-5-17)26(40,27(30,31)32)28(33,34)35/h4-11,18,22,40H,3,12-16H2,1-2H3/t18?,22-,25+/m0/s1. The summed E-state index contributed by atoms with van der Waals surface area (Å²) in [6.07, 6.45) is -11.2. The van der Waals surface area contributed by atoms with Gasteiger partial charge in [0.05, 0.1) is 5.92 Å². The van der Waals surface area contributed by atoms with Crippen LogP contribution in [-0.4, -0.2) is 65.3 Å². The maximum absolute atomic E-state index is 13.7. The van der Waals surface area contributed by atoms with E-state index in [0.717, 1.165) is 12.1 Å². The van der Waals surface area contributed by atoms with Crippen molar-refractivity contribution < 1.29 is 45.4 Å². The topological polar surface area (TPSA) is 60.9 Å². The van der Waals surface area contributed by atoms with Crippen LogP contribution in [0.1, 0.15) is 49.3 Å². The van der Waals surface area contributed by atoms with Crippen molar-refractivity contribution in [3.63, 3.8) is 0 Å². The lowest BCUT2D eigenvalue weighted by atomic mass is 9.71. The second-order valence-corrected chi connectivity index (χ2v) is 10.7. The Hall–Kier alpha value is -3.15. The summed E-state index contributed by atoms with van der Waals surface area (Å²) in [5.74, 6) is -1.78. The van der Waals surface area contributed by atoms with E-state index in [1.54, 1.807) is 23.6 Å². The number of carbonyl (C=O) groups excluding carboxylic acids is 2. The SMILES string of the molecule is CCC(=O)N1CCC(C(=O)N2C[C@@H](c3ccc(C(O)(C(F)(F)F)C(F)(F)F)cc3)[C@@](C)(c3ccc(F)cc3)C2)C1. The minimum absolute atomic E-state index is 0.0662.